The van der Waals surface area contributed by atoms with Crippen LogP contribution in [0.15, 0.2) is 85.0 Å². The number of hydrogen-bond donors (Lipinski definition) is 0. The zero-order valence-electron chi connectivity index (χ0n) is 32.7. The van der Waals surface area contributed by atoms with Gasteiger partial charge in [0, 0.05) is 10.8 Å². The lowest BCUT2D eigenvalue weighted by Crippen LogP contribution is -2.25. The molecular weight excluding hydrogens is 565 g/mol. The molecule has 0 atom stereocenters. The summed E-state index contributed by atoms with van der Waals surface area (Å²) in [5, 5.41) is 0. The van der Waals surface area contributed by atoms with E-state index in [-0.39, 0.29) is 10.8 Å². The molecule has 0 radical (unpaired) electrons. The zero-order chi connectivity index (χ0) is 35.4. The van der Waals surface area contributed by atoms with Crippen LogP contribution in [0, 0.1) is 17.8 Å². The van der Waals surface area contributed by atoms with Crippen LogP contribution in [-0.2, 0) is 10.8 Å². The molecule has 0 fully saturated rings. The molecule has 0 saturated carbocycles. The van der Waals surface area contributed by atoms with Crippen LogP contribution in [0.1, 0.15) is 150 Å². The van der Waals surface area contributed by atoms with Gasteiger partial charge in [-0.1, -0.05) is 188 Å². The van der Waals surface area contributed by atoms with E-state index in [1.807, 2.05) is 6.08 Å². The maximum Gasteiger partial charge on any atom is 0.0159 e. The van der Waals surface area contributed by atoms with Crippen LogP contribution in [-0.4, -0.2) is 0 Å². The highest BCUT2D eigenvalue weighted by atomic mass is 14.4. The normalized spacial score (nSPS) is 17.2. The summed E-state index contributed by atoms with van der Waals surface area (Å²) in [5.74, 6) is 0. The van der Waals surface area contributed by atoms with Crippen LogP contribution in [0.25, 0.3) is 27.8 Å². The largest absolute Gasteiger partial charge is 0.0990 e. The first-order valence-corrected chi connectivity index (χ1v) is 18.3. The van der Waals surface area contributed by atoms with Gasteiger partial charge in [0.25, 0.3) is 0 Å². The maximum absolute atomic E-state index is 3.94. The Labute approximate surface area is 290 Å². The summed E-state index contributed by atoms with van der Waals surface area (Å²) in [6, 6.07) is 20.9. The Morgan fingerprint density at radius 1 is 0.617 bits per heavy atom. The summed E-state index contributed by atoms with van der Waals surface area (Å²) in [6.07, 6.45) is 13.3. The Bertz CT molecular complexity index is 1580. The van der Waals surface area contributed by atoms with E-state index >= 15 is 0 Å². The minimum absolute atomic E-state index is 0.0146. The SMILES string of the molecule is C=C/C=C1\C(=C/C)C(C)(C)c2cc(-c3ccc4c(c3)C(C)(C)c3cc(C)ccc3-4)ccc21.CC(C)(C)C(C)(C)C.CCCCCCC. The molecule has 0 spiro atoms. The van der Waals surface area contributed by atoms with Crippen LogP contribution < -0.4 is 0 Å². The molecule has 2 aliphatic carbocycles. The molecule has 2 aliphatic rings. The average Bonchev–Trinajstić information content (AvgIpc) is 3.35. The number of aryl methyl sites for hydroxylation is 1. The van der Waals surface area contributed by atoms with Crippen molar-refractivity contribution >= 4 is 5.57 Å². The van der Waals surface area contributed by atoms with E-state index in [1.165, 1.54) is 93.3 Å². The second-order valence-corrected chi connectivity index (χ2v) is 16.9. The van der Waals surface area contributed by atoms with Crippen molar-refractivity contribution in [2.45, 2.75) is 140 Å². The Hall–Kier alpha value is -3.12. The Balaban J connectivity index is 0.000000334. The molecule has 0 heterocycles. The van der Waals surface area contributed by atoms with Gasteiger partial charge in [0.15, 0.2) is 0 Å². The average molecular weight is 631 g/mol. The molecular formula is C47H66. The second kappa shape index (κ2) is 15.0. The summed E-state index contributed by atoms with van der Waals surface area (Å²) < 4.78 is 0. The van der Waals surface area contributed by atoms with Crippen molar-refractivity contribution in [3.8, 4) is 22.3 Å². The second-order valence-electron chi connectivity index (χ2n) is 16.9. The first-order valence-electron chi connectivity index (χ1n) is 18.3. The molecule has 5 rings (SSSR count). The fraction of sp³-hybridized carbons (Fsp3) is 0.489. The van der Waals surface area contributed by atoms with Crippen molar-refractivity contribution in [1.29, 1.82) is 0 Å². The van der Waals surface area contributed by atoms with E-state index in [2.05, 4.69) is 170 Å². The minimum Gasteiger partial charge on any atom is -0.0990 e. The first-order chi connectivity index (χ1) is 21.9. The molecule has 0 saturated heterocycles. The molecule has 0 amide bonds. The lowest BCUT2D eigenvalue weighted by molar-refractivity contribution is 0.157. The minimum atomic E-state index is -0.0152. The van der Waals surface area contributed by atoms with Gasteiger partial charge in [-0.2, -0.15) is 0 Å². The van der Waals surface area contributed by atoms with Crippen LogP contribution in [0.2, 0.25) is 0 Å². The third kappa shape index (κ3) is 8.13. The van der Waals surface area contributed by atoms with Gasteiger partial charge in [-0.15, -0.1) is 0 Å². The van der Waals surface area contributed by atoms with Gasteiger partial charge in [-0.25, -0.2) is 0 Å². The Kier molecular flexibility index (Phi) is 12.2. The summed E-state index contributed by atoms with van der Waals surface area (Å²) in [5.41, 5.74) is 15.8. The smallest absolute Gasteiger partial charge is 0.0159 e. The van der Waals surface area contributed by atoms with Crippen LogP contribution >= 0.6 is 0 Å². The molecule has 0 heteroatoms. The summed E-state index contributed by atoms with van der Waals surface area (Å²) in [6.45, 7) is 35.8. The molecule has 3 aromatic carbocycles. The Morgan fingerprint density at radius 2 is 1.06 bits per heavy atom. The topological polar surface area (TPSA) is 0 Å². The highest BCUT2D eigenvalue weighted by molar-refractivity contribution is 5.92. The molecule has 0 aliphatic heterocycles. The third-order valence-electron chi connectivity index (χ3n) is 11.1. The number of benzene rings is 3. The van der Waals surface area contributed by atoms with Crippen molar-refractivity contribution in [3.05, 3.63) is 113 Å². The summed E-state index contributed by atoms with van der Waals surface area (Å²) in [4.78, 5) is 0. The summed E-state index contributed by atoms with van der Waals surface area (Å²) >= 11 is 0. The predicted octanol–water partition coefficient (Wildman–Crippen LogP) is 14.8. The van der Waals surface area contributed by atoms with Gasteiger partial charge in [0.05, 0.1) is 0 Å². The molecule has 0 N–H and O–H groups in total. The molecule has 254 valence electrons. The standard InChI is InChI=1S/C32H32.C8H18.C7H16/c1-8-10-23-25-15-12-21(18-29(25)31(4,5)27(23)9-2)22-13-16-26-24-14-11-20(3)17-28(24)32(6,7)30(26)19-22;1-7(2,3)8(4,5)6;1-3-5-7-6-4-2/h8-19H,1H2,2-7H3;1-6H3;3-7H2,1-2H3/b23-10-,27-9+;;. The monoisotopic (exact) mass is 631 g/mol. The van der Waals surface area contributed by atoms with E-state index in [9.17, 15) is 0 Å². The van der Waals surface area contributed by atoms with E-state index < -0.39 is 0 Å². The molecule has 3 aromatic rings. The van der Waals surface area contributed by atoms with Gasteiger partial charge < -0.3 is 0 Å². The van der Waals surface area contributed by atoms with Crippen molar-refractivity contribution in [1.82, 2.24) is 0 Å². The van der Waals surface area contributed by atoms with Crippen molar-refractivity contribution in [2.75, 3.05) is 0 Å². The van der Waals surface area contributed by atoms with Gasteiger partial charge in [-0.3, -0.25) is 0 Å². The first kappa shape index (κ1) is 38.3. The van der Waals surface area contributed by atoms with E-state index in [0.717, 1.165) is 0 Å². The van der Waals surface area contributed by atoms with Crippen molar-refractivity contribution in [2.24, 2.45) is 10.8 Å². The van der Waals surface area contributed by atoms with Gasteiger partial charge >= 0.3 is 0 Å². The highest BCUT2D eigenvalue weighted by Crippen LogP contribution is 2.52. The lowest BCUT2D eigenvalue weighted by Gasteiger charge is -2.34. The van der Waals surface area contributed by atoms with Crippen molar-refractivity contribution in [3.63, 3.8) is 0 Å². The molecule has 0 nitrogen and oxygen atoms in total. The quantitative estimate of drug-likeness (QED) is 0.238. The van der Waals surface area contributed by atoms with E-state index in [0.29, 0.717) is 10.8 Å². The van der Waals surface area contributed by atoms with Gasteiger partial charge in [-0.05, 0) is 92.5 Å². The Morgan fingerprint density at radius 3 is 1.51 bits per heavy atom. The molecule has 47 heavy (non-hydrogen) atoms. The fourth-order valence-corrected chi connectivity index (χ4v) is 6.62. The number of fused-ring (bicyclic) bond motifs is 4. The fourth-order valence-electron chi connectivity index (χ4n) is 6.62. The van der Waals surface area contributed by atoms with Crippen LogP contribution in [0.5, 0.6) is 0 Å². The molecule has 0 unspecified atom stereocenters. The zero-order valence-corrected chi connectivity index (χ0v) is 32.7. The molecule has 0 bridgehead atoms. The van der Waals surface area contributed by atoms with Crippen molar-refractivity contribution < 1.29 is 0 Å². The van der Waals surface area contributed by atoms with Gasteiger partial charge in [0.1, 0.15) is 0 Å². The third-order valence-corrected chi connectivity index (χ3v) is 11.1. The lowest BCUT2D eigenvalue weighted by atomic mass is 9.71. The predicted molar refractivity (Wildman–Crippen MR) is 212 cm³/mol. The van der Waals surface area contributed by atoms with Gasteiger partial charge in [0.2, 0.25) is 0 Å². The number of hydrogen-bond acceptors (Lipinski definition) is 0. The van der Waals surface area contributed by atoms with E-state index in [1.54, 1.807) is 0 Å². The number of rotatable bonds is 6. The maximum atomic E-state index is 3.94. The van der Waals surface area contributed by atoms with E-state index in [4.69, 9.17) is 0 Å². The summed E-state index contributed by atoms with van der Waals surface area (Å²) in [7, 11) is 0. The van der Waals surface area contributed by atoms with Crippen LogP contribution in [0.4, 0.5) is 0 Å². The van der Waals surface area contributed by atoms with Crippen LogP contribution in [0.3, 0.4) is 0 Å². The number of allylic oxidation sites excluding steroid dienone is 5. The highest BCUT2D eigenvalue weighted by Gasteiger charge is 2.38. The molecule has 0 aromatic heterocycles. The number of unbranched alkanes of at least 4 members (excludes halogenated alkanes) is 4.